The molecule has 112 valence electrons. The summed E-state index contributed by atoms with van der Waals surface area (Å²) in [5.74, 6) is 0. The number of hydrogen-bond donors (Lipinski definition) is 0. The number of nitro benzene ring substituents is 1. The Balaban J connectivity index is 1.94. The Morgan fingerprint density at radius 1 is 1.26 bits per heavy atom. The average Bonchev–Trinajstić information content (AvgIpc) is 2.96. The fourth-order valence-corrected chi connectivity index (χ4v) is 3.96. The summed E-state index contributed by atoms with van der Waals surface area (Å²) in [7, 11) is 0. The van der Waals surface area contributed by atoms with Crippen molar-refractivity contribution < 1.29 is 4.92 Å². The van der Waals surface area contributed by atoms with Gasteiger partial charge in [0.1, 0.15) is 6.07 Å². The number of nitrogens with zero attached hydrogens (tertiary/aromatic N) is 3. The summed E-state index contributed by atoms with van der Waals surface area (Å²) in [6.45, 7) is 0. The molecule has 0 saturated heterocycles. The van der Waals surface area contributed by atoms with Crippen molar-refractivity contribution in [1.29, 1.82) is 5.26 Å². The number of nitriles is 1. The number of nitro groups is 1. The molecule has 0 radical (unpaired) electrons. The molecule has 3 rings (SSSR count). The molecule has 0 aliphatic rings. The number of aromatic nitrogens is 1. The number of allylic oxidation sites excluding steroid dienone is 1. The average molecular weight is 339 g/mol. The molecular formula is C16H9N3O2S2. The van der Waals surface area contributed by atoms with E-state index in [4.69, 9.17) is 0 Å². The lowest BCUT2D eigenvalue weighted by Crippen LogP contribution is -1.90. The summed E-state index contributed by atoms with van der Waals surface area (Å²) in [4.78, 5) is 15.4. The Morgan fingerprint density at radius 3 is 2.74 bits per heavy atom. The lowest BCUT2D eigenvalue weighted by Gasteiger charge is -1.98. The van der Waals surface area contributed by atoms with Crippen molar-refractivity contribution in [3.63, 3.8) is 0 Å². The number of thiazole rings is 1. The molecule has 0 amide bonds. The second kappa shape index (κ2) is 6.60. The molecular weight excluding hydrogens is 330 g/mol. The fraction of sp³-hybridized carbons (Fsp3) is 0. The van der Waals surface area contributed by atoms with Gasteiger partial charge in [0.05, 0.1) is 25.6 Å². The van der Waals surface area contributed by atoms with Crippen molar-refractivity contribution in [2.75, 3.05) is 0 Å². The Hall–Kier alpha value is -2.69. The third-order valence-electron chi connectivity index (χ3n) is 3.00. The van der Waals surface area contributed by atoms with Gasteiger partial charge in [0.2, 0.25) is 0 Å². The highest BCUT2D eigenvalue weighted by Gasteiger charge is 2.13. The highest BCUT2D eigenvalue weighted by Crippen LogP contribution is 2.35. The van der Waals surface area contributed by atoms with Crippen LogP contribution in [0.1, 0.15) is 5.56 Å². The summed E-state index contributed by atoms with van der Waals surface area (Å²) in [6.07, 6.45) is 1.52. The summed E-state index contributed by atoms with van der Waals surface area (Å²) in [5, 5.41) is 20.4. The topological polar surface area (TPSA) is 79.8 Å². The van der Waals surface area contributed by atoms with Gasteiger partial charge in [-0.1, -0.05) is 24.3 Å². The van der Waals surface area contributed by atoms with E-state index in [2.05, 4.69) is 11.1 Å². The maximum absolute atomic E-state index is 11.0. The summed E-state index contributed by atoms with van der Waals surface area (Å²) in [6, 6.07) is 16.1. The molecule has 0 N–H and O–H groups in total. The maximum atomic E-state index is 11.0. The van der Waals surface area contributed by atoms with Crippen LogP contribution in [0.2, 0.25) is 0 Å². The van der Waals surface area contributed by atoms with Crippen molar-refractivity contribution in [3.8, 4) is 6.07 Å². The second-order valence-corrected chi connectivity index (χ2v) is 6.81. The van der Waals surface area contributed by atoms with Gasteiger partial charge >= 0.3 is 0 Å². The third kappa shape index (κ3) is 3.39. The zero-order valence-electron chi connectivity index (χ0n) is 11.7. The molecule has 3 aromatic rings. The molecule has 23 heavy (non-hydrogen) atoms. The minimum atomic E-state index is -0.455. The van der Waals surface area contributed by atoms with Crippen LogP contribution in [-0.4, -0.2) is 9.91 Å². The molecule has 2 aromatic carbocycles. The quantitative estimate of drug-likeness (QED) is 0.293. The normalized spacial score (nSPS) is 11.3. The van der Waals surface area contributed by atoms with Crippen molar-refractivity contribution in [3.05, 3.63) is 69.1 Å². The highest BCUT2D eigenvalue weighted by atomic mass is 32.2. The molecule has 0 saturated carbocycles. The van der Waals surface area contributed by atoms with Crippen molar-refractivity contribution in [2.24, 2.45) is 0 Å². The van der Waals surface area contributed by atoms with Gasteiger partial charge in [-0.2, -0.15) is 5.26 Å². The van der Waals surface area contributed by atoms with Gasteiger partial charge in [-0.15, -0.1) is 11.3 Å². The van der Waals surface area contributed by atoms with Crippen LogP contribution in [0.15, 0.2) is 57.8 Å². The summed E-state index contributed by atoms with van der Waals surface area (Å²) >= 11 is 2.70. The number of hydrogen-bond acceptors (Lipinski definition) is 6. The Labute approximate surface area is 140 Å². The van der Waals surface area contributed by atoms with Gasteiger partial charge in [0, 0.05) is 6.07 Å². The molecule has 0 bridgehead atoms. The van der Waals surface area contributed by atoms with E-state index < -0.39 is 4.92 Å². The zero-order chi connectivity index (χ0) is 16.2. The predicted molar refractivity (Wildman–Crippen MR) is 92.2 cm³/mol. The molecule has 0 atom stereocenters. The van der Waals surface area contributed by atoms with Crippen molar-refractivity contribution >= 4 is 45.1 Å². The molecule has 0 aliphatic carbocycles. The summed E-state index contributed by atoms with van der Waals surface area (Å²) in [5.41, 5.74) is 1.26. The van der Waals surface area contributed by atoms with E-state index in [9.17, 15) is 15.4 Å². The molecule has 7 heteroatoms. The van der Waals surface area contributed by atoms with Gasteiger partial charge in [0.15, 0.2) is 4.34 Å². The van der Waals surface area contributed by atoms with Gasteiger partial charge in [-0.3, -0.25) is 10.1 Å². The number of benzene rings is 2. The van der Waals surface area contributed by atoms with E-state index in [1.54, 1.807) is 18.2 Å². The molecule has 1 heterocycles. The maximum Gasteiger partial charge on any atom is 0.276 e. The second-order valence-electron chi connectivity index (χ2n) is 4.49. The first-order valence-corrected chi connectivity index (χ1v) is 8.19. The minimum Gasteiger partial charge on any atom is -0.258 e. The van der Waals surface area contributed by atoms with E-state index in [0.717, 1.165) is 14.6 Å². The van der Waals surface area contributed by atoms with Crippen LogP contribution >= 0.6 is 23.1 Å². The Bertz CT molecular complexity index is 924. The van der Waals surface area contributed by atoms with Crippen LogP contribution in [0.3, 0.4) is 0 Å². The first kappa shape index (κ1) is 15.2. The standard InChI is InChI=1S/C16H9N3O2S2/c17-10-12(9-11-5-1-3-7-14(11)19(20)21)22-16-18-13-6-2-4-8-15(13)23-16/h1-9H/b12-9+. The predicted octanol–water partition coefficient (Wildman–Crippen LogP) is 4.86. The molecule has 5 nitrogen and oxygen atoms in total. The first-order chi connectivity index (χ1) is 11.2. The highest BCUT2D eigenvalue weighted by molar-refractivity contribution is 8.05. The summed E-state index contributed by atoms with van der Waals surface area (Å²) < 4.78 is 1.77. The third-order valence-corrected chi connectivity index (χ3v) is 5.03. The van der Waals surface area contributed by atoms with Crippen LogP contribution < -0.4 is 0 Å². The van der Waals surface area contributed by atoms with Crippen molar-refractivity contribution in [1.82, 2.24) is 4.98 Å². The molecule has 0 unspecified atom stereocenters. The number of fused-ring (bicyclic) bond motifs is 1. The van der Waals surface area contributed by atoms with E-state index in [0.29, 0.717) is 10.5 Å². The van der Waals surface area contributed by atoms with Crippen LogP contribution in [0.4, 0.5) is 5.69 Å². The monoisotopic (exact) mass is 339 g/mol. The molecule has 0 spiro atoms. The lowest BCUT2D eigenvalue weighted by atomic mass is 10.1. The molecule has 1 aromatic heterocycles. The number of para-hydroxylation sites is 2. The van der Waals surface area contributed by atoms with Gasteiger partial charge in [-0.25, -0.2) is 4.98 Å². The van der Waals surface area contributed by atoms with Gasteiger partial charge < -0.3 is 0 Å². The molecule has 0 aliphatic heterocycles. The van der Waals surface area contributed by atoms with E-state index in [1.807, 2.05) is 24.3 Å². The van der Waals surface area contributed by atoms with Gasteiger partial charge in [-0.05, 0) is 36.0 Å². The van der Waals surface area contributed by atoms with E-state index >= 15 is 0 Å². The Kier molecular flexibility index (Phi) is 4.37. The first-order valence-electron chi connectivity index (χ1n) is 6.56. The minimum absolute atomic E-state index is 0.0230. The Morgan fingerprint density at radius 2 is 2.00 bits per heavy atom. The van der Waals surface area contributed by atoms with E-state index in [1.165, 1.54) is 35.2 Å². The van der Waals surface area contributed by atoms with Crippen molar-refractivity contribution in [2.45, 2.75) is 4.34 Å². The zero-order valence-corrected chi connectivity index (χ0v) is 13.3. The van der Waals surface area contributed by atoms with Crippen LogP contribution in [0, 0.1) is 21.4 Å². The smallest absolute Gasteiger partial charge is 0.258 e. The fourth-order valence-electron chi connectivity index (χ4n) is 1.99. The van der Waals surface area contributed by atoms with Crippen LogP contribution in [0.25, 0.3) is 16.3 Å². The van der Waals surface area contributed by atoms with E-state index in [-0.39, 0.29) is 5.69 Å². The largest absolute Gasteiger partial charge is 0.276 e. The number of rotatable bonds is 4. The number of thioether (sulfide) groups is 1. The molecule has 0 fully saturated rings. The SMILES string of the molecule is N#C/C(=C\c1ccccc1[N+](=O)[O-])Sc1nc2ccccc2s1. The lowest BCUT2D eigenvalue weighted by molar-refractivity contribution is -0.385. The van der Waals surface area contributed by atoms with Crippen LogP contribution in [-0.2, 0) is 0 Å². The van der Waals surface area contributed by atoms with Crippen LogP contribution in [0.5, 0.6) is 0 Å². The van der Waals surface area contributed by atoms with Gasteiger partial charge in [0.25, 0.3) is 5.69 Å².